The second-order valence-electron chi connectivity index (χ2n) is 2.06. The number of aromatic nitrogens is 1. The molecule has 0 unspecified atom stereocenters. The zero-order valence-electron chi connectivity index (χ0n) is 10.4. The summed E-state index contributed by atoms with van der Waals surface area (Å²) in [6.07, 6.45) is 0. The van der Waals surface area contributed by atoms with E-state index in [0.717, 1.165) is 0 Å². The molecule has 2 N–H and O–H groups in total. The molecule has 1 rings (SSSR count). The first-order valence-electron chi connectivity index (χ1n) is 5.15. The number of carbonyl (C=O) groups is 1. The van der Waals surface area contributed by atoms with Crippen molar-refractivity contribution in [2.45, 2.75) is 27.7 Å². The molecule has 0 saturated carbocycles. The van der Waals surface area contributed by atoms with Crippen LogP contribution in [0, 0.1) is 0 Å². The van der Waals surface area contributed by atoms with Crippen LogP contribution in [0.5, 0.6) is 0 Å². The molecule has 0 bridgehead atoms. The molecule has 92 valence electrons. The van der Waals surface area contributed by atoms with Crippen molar-refractivity contribution in [3.63, 3.8) is 0 Å². The van der Waals surface area contributed by atoms with Gasteiger partial charge < -0.3 is 10.5 Å². The van der Waals surface area contributed by atoms with Gasteiger partial charge in [0, 0.05) is 0 Å². The van der Waals surface area contributed by atoms with E-state index in [1.807, 2.05) is 27.7 Å². The highest BCUT2D eigenvalue weighted by molar-refractivity contribution is 9.10. The molecule has 0 aliphatic rings. The highest BCUT2D eigenvalue weighted by atomic mass is 79.9. The third-order valence-corrected chi connectivity index (χ3v) is 1.94. The number of hydrogen-bond acceptors (Lipinski definition) is 4. The van der Waals surface area contributed by atoms with E-state index in [2.05, 4.69) is 25.7 Å². The molecule has 1 aromatic rings. The Morgan fingerprint density at radius 2 is 1.81 bits per heavy atom. The summed E-state index contributed by atoms with van der Waals surface area (Å²) < 4.78 is 5.12. The van der Waals surface area contributed by atoms with E-state index >= 15 is 0 Å². The molecule has 0 aliphatic heterocycles. The summed E-state index contributed by atoms with van der Waals surface area (Å²) in [5, 5.41) is 0. The number of ether oxygens (including phenoxy) is 1. The molecule has 0 fully saturated rings. The van der Waals surface area contributed by atoms with Crippen LogP contribution in [0.3, 0.4) is 0 Å². The van der Waals surface area contributed by atoms with Crippen molar-refractivity contribution in [2.75, 3.05) is 12.8 Å². The van der Waals surface area contributed by atoms with E-state index in [1.165, 1.54) is 13.2 Å². The first-order chi connectivity index (χ1) is 7.65. The van der Waals surface area contributed by atoms with Gasteiger partial charge in [-0.25, -0.2) is 9.78 Å². The van der Waals surface area contributed by atoms with Crippen molar-refractivity contribution in [3.05, 3.63) is 22.3 Å². The number of esters is 1. The van der Waals surface area contributed by atoms with Crippen molar-refractivity contribution in [1.82, 2.24) is 4.98 Å². The van der Waals surface area contributed by atoms with Crippen LogP contribution in [0.2, 0.25) is 0 Å². The van der Waals surface area contributed by atoms with Gasteiger partial charge >= 0.3 is 5.97 Å². The smallest absolute Gasteiger partial charge is 0.356 e. The van der Waals surface area contributed by atoms with Crippen LogP contribution >= 0.6 is 15.9 Å². The summed E-state index contributed by atoms with van der Waals surface area (Å²) in [5.74, 6) is -0.216. The van der Waals surface area contributed by atoms with Crippen molar-refractivity contribution in [1.29, 1.82) is 0 Å². The molecular formula is C11H19BrN2O2. The van der Waals surface area contributed by atoms with E-state index in [1.54, 1.807) is 6.07 Å². The molecule has 4 nitrogen and oxygen atoms in total. The fraction of sp³-hybridized carbons (Fsp3) is 0.455. The van der Waals surface area contributed by atoms with E-state index in [-0.39, 0.29) is 11.5 Å². The highest BCUT2D eigenvalue weighted by Crippen LogP contribution is 2.16. The molecule has 1 aromatic heterocycles. The predicted molar refractivity (Wildman–Crippen MR) is 70.4 cm³/mol. The lowest BCUT2D eigenvalue weighted by Crippen LogP contribution is -2.05. The number of anilines is 1. The number of pyridine rings is 1. The van der Waals surface area contributed by atoms with Gasteiger partial charge in [-0.2, -0.15) is 0 Å². The Kier molecular flexibility index (Phi) is 11.3. The Hall–Kier alpha value is -1.10. The maximum absolute atomic E-state index is 10.9. The van der Waals surface area contributed by atoms with E-state index in [0.29, 0.717) is 4.47 Å². The third-order valence-electron chi connectivity index (χ3n) is 1.27. The molecule has 1 heterocycles. The molecule has 0 atom stereocenters. The van der Waals surface area contributed by atoms with Crippen molar-refractivity contribution < 1.29 is 9.53 Å². The summed E-state index contributed by atoms with van der Waals surface area (Å²) >= 11 is 3.16. The monoisotopic (exact) mass is 290 g/mol. The molecule has 16 heavy (non-hydrogen) atoms. The quantitative estimate of drug-likeness (QED) is 0.806. The van der Waals surface area contributed by atoms with Crippen LogP contribution in [0.15, 0.2) is 16.6 Å². The Bertz CT molecular complexity index is 317. The molecule has 0 radical (unpaired) electrons. The van der Waals surface area contributed by atoms with Crippen LogP contribution in [0.1, 0.15) is 38.2 Å². The van der Waals surface area contributed by atoms with E-state index in [4.69, 9.17) is 5.73 Å². The van der Waals surface area contributed by atoms with Gasteiger partial charge in [0.25, 0.3) is 0 Å². The first-order valence-corrected chi connectivity index (χ1v) is 5.95. The predicted octanol–water partition coefficient (Wildman–Crippen LogP) is 3.27. The van der Waals surface area contributed by atoms with Crippen LogP contribution < -0.4 is 5.73 Å². The highest BCUT2D eigenvalue weighted by Gasteiger charge is 2.07. The molecule has 0 aromatic carbocycles. The molecule has 0 amide bonds. The lowest BCUT2D eigenvalue weighted by atomic mass is 10.3. The maximum Gasteiger partial charge on any atom is 0.356 e. The average molecular weight is 291 g/mol. The van der Waals surface area contributed by atoms with Gasteiger partial charge in [-0.1, -0.05) is 27.7 Å². The molecule has 0 spiro atoms. The third kappa shape index (κ3) is 5.70. The number of nitrogen functional groups attached to an aromatic ring is 1. The van der Waals surface area contributed by atoms with Crippen LogP contribution in [0.4, 0.5) is 5.82 Å². The van der Waals surface area contributed by atoms with Gasteiger partial charge in [-0.05, 0) is 28.1 Å². The lowest BCUT2D eigenvalue weighted by Gasteiger charge is -2.00. The molecular weight excluding hydrogens is 272 g/mol. The SMILES string of the molecule is CC.CC.COC(=O)c1ccc(Br)c(N)n1. The fourth-order valence-corrected chi connectivity index (χ4v) is 0.897. The van der Waals surface area contributed by atoms with Crippen molar-refractivity contribution in [2.24, 2.45) is 0 Å². The second kappa shape index (κ2) is 10.4. The number of nitrogens with two attached hydrogens (primary N) is 1. The molecule has 0 aliphatic carbocycles. The largest absolute Gasteiger partial charge is 0.464 e. The minimum atomic E-state index is -0.491. The van der Waals surface area contributed by atoms with Gasteiger partial charge in [0.05, 0.1) is 11.6 Å². The Morgan fingerprint density at radius 3 is 2.19 bits per heavy atom. The lowest BCUT2D eigenvalue weighted by molar-refractivity contribution is 0.0594. The molecule has 5 heteroatoms. The van der Waals surface area contributed by atoms with Gasteiger partial charge in [-0.3, -0.25) is 0 Å². The number of carbonyl (C=O) groups excluding carboxylic acids is 1. The van der Waals surface area contributed by atoms with Gasteiger partial charge in [0.15, 0.2) is 5.69 Å². The fourth-order valence-electron chi connectivity index (χ4n) is 0.676. The average Bonchev–Trinajstić information content (AvgIpc) is 2.36. The topological polar surface area (TPSA) is 65.2 Å². The Balaban J connectivity index is 0. The normalized spacial score (nSPS) is 7.88. The summed E-state index contributed by atoms with van der Waals surface area (Å²) in [5.41, 5.74) is 5.65. The van der Waals surface area contributed by atoms with E-state index in [9.17, 15) is 4.79 Å². The van der Waals surface area contributed by atoms with Crippen molar-refractivity contribution >= 4 is 27.7 Å². The van der Waals surface area contributed by atoms with Crippen LogP contribution in [-0.4, -0.2) is 18.1 Å². The molecule has 0 saturated heterocycles. The Labute approximate surface area is 105 Å². The summed E-state index contributed by atoms with van der Waals surface area (Å²) in [7, 11) is 1.29. The number of nitrogens with zero attached hydrogens (tertiary/aromatic N) is 1. The zero-order chi connectivity index (χ0) is 13.1. The van der Waals surface area contributed by atoms with Gasteiger partial charge in [0.2, 0.25) is 0 Å². The number of halogens is 1. The summed E-state index contributed by atoms with van der Waals surface area (Å²) in [6.45, 7) is 8.00. The van der Waals surface area contributed by atoms with Gasteiger partial charge in [-0.15, -0.1) is 0 Å². The number of methoxy groups -OCH3 is 1. The zero-order valence-corrected chi connectivity index (χ0v) is 12.0. The standard InChI is InChI=1S/C7H7BrN2O2.2C2H6/c1-12-7(11)5-3-2-4(8)6(9)10-5;2*1-2/h2-3H,1H3,(H2,9,10);2*1-2H3. The summed E-state index contributed by atoms with van der Waals surface area (Å²) in [6, 6.07) is 3.18. The Morgan fingerprint density at radius 1 is 1.31 bits per heavy atom. The minimum Gasteiger partial charge on any atom is -0.464 e. The number of rotatable bonds is 1. The van der Waals surface area contributed by atoms with Crippen molar-refractivity contribution in [3.8, 4) is 0 Å². The first kappa shape index (κ1) is 17.3. The van der Waals surface area contributed by atoms with Crippen LogP contribution in [0.25, 0.3) is 0 Å². The van der Waals surface area contributed by atoms with E-state index < -0.39 is 5.97 Å². The van der Waals surface area contributed by atoms with Crippen LogP contribution in [-0.2, 0) is 4.74 Å². The number of hydrogen-bond donors (Lipinski definition) is 1. The second-order valence-corrected chi connectivity index (χ2v) is 2.91. The summed E-state index contributed by atoms with van der Waals surface area (Å²) in [4.78, 5) is 14.7. The minimum absolute atomic E-state index is 0.207. The van der Waals surface area contributed by atoms with Gasteiger partial charge in [0.1, 0.15) is 5.82 Å². The maximum atomic E-state index is 10.9.